The molecule has 12 heavy (non-hydrogen) atoms. The third-order valence-electron chi connectivity index (χ3n) is 1.74. The zero-order valence-electron chi connectivity index (χ0n) is 8.98. The maximum Gasteiger partial charge on any atom is 0.143 e. The quantitative estimate of drug-likeness (QED) is 0.644. The lowest BCUT2D eigenvalue weighted by Gasteiger charge is -2.22. The van der Waals surface area contributed by atoms with Crippen molar-refractivity contribution in [2.24, 2.45) is 5.41 Å². The second kappa shape index (κ2) is 4.61. The van der Waals surface area contributed by atoms with E-state index in [-0.39, 0.29) is 5.78 Å². The van der Waals surface area contributed by atoms with Gasteiger partial charge in [0, 0.05) is 0 Å². The molecule has 0 atom stereocenters. The molecule has 0 saturated carbocycles. The number of Topliss-reactive ketones (excluding diaryl/α,β-unsaturated/α-hetero) is 1. The van der Waals surface area contributed by atoms with Crippen LogP contribution in [0.5, 0.6) is 0 Å². The molecule has 0 bridgehead atoms. The first-order chi connectivity index (χ1) is 5.31. The maximum absolute atomic E-state index is 10.7. The van der Waals surface area contributed by atoms with Crippen molar-refractivity contribution in [2.45, 2.75) is 34.1 Å². The van der Waals surface area contributed by atoms with Crippen LogP contribution < -0.4 is 0 Å². The normalized spacial score (nSPS) is 12.2. The number of carbonyl (C=O) groups is 1. The minimum Gasteiger partial charge on any atom is -0.299 e. The van der Waals surface area contributed by atoms with E-state index in [4.69, 9.17) is 0 Å². The van der Waals surface area contributed by atoms with Gasteiger partial charge in [0.05, 0.1) is 6.54 Å². The number of likely N-dealkylation sites (N-methyl/N-ethyl adjacent to an activating group) is 1. The van der Waals surface area contributed by atoms with E-state index in [0.717, 1.165) is 13.0 Å². The smallest absolute Gasteiger partial charge is 0.143 e. The molecular formula is C10H21NO. The Bertz CT molecular complexity index is 146. The topological polar surface area (TPSA) is 20.3 Å². The molecule has 0 aromatic rings. The molecule has 0 aliphatic rings. The van der Waals surface area contributed by atoms with Gasteiger partial charge in [0.2, 0.25) is 0 Å². The Morgan fingerprint density at radius 3 is 2.17 bits per heavy atom. The average Bonchev–Trinajstić information content (AvgIpc) is 1.80. The zero-order valence-corrected chi connectivity index (χ0v) is 8.98. The first-order valence-electron chi connectivity index (χ1n) is 4.49. The van der Waals surface area contributed by atoms with E-state index in [1.807, 2.05) is 7.05 Å². The number of ketones is 1. The van der Waals surface area contributed by atoms with E-state index >= 15 is 0 Å². The van der Waals surface area contributed by atoms with Gasteiger partial charge < -0.3 is 0 Å². The van der Waals surface area contributed by atoms with Gasteiger partial charge in [0.1, 0.15) is 5.78 Å². The summed E-state index contributed by atoms with van der Waals surface area (Å²) in [6, 6.07) is 0. The van der Waals surface area contributed by atoms with Gasteiger partial charge in [0.25, 0.3) is 0 Å². The lowest BCUT2D eigenvalue weighted by molar-refractivity contribution is -0.117. The second-order valence-electron chi connectivity index (χ2n) is 4.75. The number of carbonyl (C=O) groups excluding carboxylic acids is 1. The van der Waals surface area contributed by atoms with E-state index in [0.29, 0.717) is 12.0 Å². The molecular weight excluding hydrogens is 150 g/mol. The van der Waals surface area contributed by atoms with Gasteiger partial charge in [-0.05, 0) is 32.4 Å². The molecule has 2 heteroatoms. The molecule has 0 amide bonds. The maximum atomic E-state index is 10.7. The molecule has 0 aliphatic heterocycles. The van der Waals surface area contributed by atoms with Crippen molar-refractivity contribution < 1.29 is 4.79 Å². The average molecular weight is 171 g/mol. The predicted molar refractivity (Wildman–Crippen MR) is 52.3 cm³/mol. The molecule has 2 nitrogen and oxygen atoms in total. The third-order valence-corrected chi connectivity index (χ3v) is 1.74. The fraction of sp³-hybridized carbons (Fsp3) is 0.900. The molecule has 0 aromatic heterocycles. The van der Waals surface area contributed by atoms with E-state index in [1.54, 1.807) is 6.92 Å². The molecule has 72 valence electrons. The van der Waals surface area contributed by atoms with Crippen LogP contribution in [0.2, 0.25) is 0 Å². The van der Waals surface area contributed by atoms with Crippen LogP contribution in [-0.4, -0.2) is 30.8 Å². The highest BCUT2D eigenvalue weighted by Gasteiger charge is 2.11. The van der Waals surface area contributed by atoms with Crippen molar-refractivity contribution in [3.05, 3.63) is 0 Å². The third kappa shape index (κ3) is 7.73. The molecule has 0 aromatic carbocycles. The molecule has 0 saturated heterocycles. The minimum atomic E-state index is 0.242. The van der Waals surface area contributed by atoms with Crippen LogP contribution in [0.1, 0.15) is 34.1 Å². The molecule has 0 radical (unpaired) electrons. The summed E-state index contributed by atoms with van der Waals surface area (Å²) in [5.74, 6) is 0.242. The summed E-state index contributed by atoms with van der Waals surface area (Å²) >= 11 is 0. The summed E-state index contributed by atoms with van der Waals surface area (Å²) in [5, 5.41) is 0. The summed E-state index contributed by atoms with van der Waals surface area (Å²) in [4.78, 5) is 12.8. The molecule has 0 heterocycles. The van der Waals surface area contributed by atoms with Crippen molar-refractivity contribution in [3.63, 3.8) is 0 Å². The van der Waals surface area contributed by atoms with Crippen molar-refractivity contribution >= 4 is 5.78 Å². The Morgan fingerprint density at radius 2 is 1.83 bits per heavy atom. The Labute approximate surface area is 75.9 Å². The Morgan fingerprint density at radius 1 is 1.33 bits per heavy atom. The molecule has 0 N–H and O–H groups in total. The van der Waals surface area contributed by atoms with Crippen molar-refractivity contribution in [3.8, 4) is 0 Å². The van der Waals surface area contributed by atoms with E-state index < -0.39 is 0 Å². The number of hydrogen-bond donors (Lipinski definition) is 0. The number of nitrogens with zero attached hydrogens (tertiary/aromatic N) is 1. The summed E-state index contributed by atoms with van der Waals surface area (Å²) in [6.45, 7) is 9.87. The predicted octanol–water partition coefficient (Wildman–Crippen LogP) is 1.94. The molecule has 0 aliphatic carbocycles. The van der Waals surface area contributed by atoms with Crippen molar-refractivity contribution in [2.75, 3.05) is 20.1 Å². The van der Waals surface area contributed by atoms with Crippen molar-refractivity contribution in [1.29, 1.82) is 0 Å². The monoisotopic (exact) mass is 171 g/mol. The summed E-state index contributed by atoms with van der Waals surface area (Å²) < 4.78 is 0. The van der Waals surface area contributed by atoms with Crippen molar-refractivity contribution in [1.82, 2.24) is 4.90 Å². The van der Waals surface area contributed by atoms with Crippen LogP contribution >= 0.6 is 0 Å². The number of rotatable bonds is 4. The zero-order chi connectivity index (χ0) is 9.78. The summed E-state index contributed by atoms with van der Waals surface area (Å²) in [5.41, 5.74) is 0.366. The van der Waals surface area contributed by atoms with Gasteiger partial charge >= 0.3 is 0 Å². The van der Waals surface area contributed by atoms with Gasteiger partial charge in [-0.25, -0.2) is 0 Å². The number of hydrogen-bond acceptors (Lipinski definition) is 2. The van der Waals surface area contributed by atoms with E-state index in [2.05, 4.69) is 25.7 Å². The van der Waals surface area contributed by atoms with Crippen LogP contribution in [0.15, 0.2) is 0 Å². The standard InChI is InChI=1S/C10H21NO/c1-9(12)8-11(5)7-6-10(2,3)4/h6-8H2,1-5H3. The van der Waals surface area contributed by atoms with E-state index in [1.165, 1.54) is 0 Å². The van der Waals surface area contributed by atoms with Crippen LogP contribution in [-0.2, 0) is 4.79 Å². The highest BCUT2D eigenvalue weighted by atomic mass is 16.1. The lowest BCUT2D eigenvalue weighted by Crippen LogP contribution is -2.27. The first kappa shape index (κ1) is 11.6. The summed E-state index contributed by atoms with van der Waals surface area (Å²) in [7, 11) is 1.99. The SMILES string of the molecule is CC(=O)CN(C)CCC(C)(C)C. The van der Waals surface area contributed by atoms with Gasteiger partial charge in [-0.1, -0.05) is 20.8 Å². The largest absolute Gasteiger partial charge is 0.299 e. The van der Waals surface area contributed by atoms with Crippen LogP contribution in [0.4, 0.5) is 0 Å². The lowest BCUT2D eigenvalue weighted by atomic mass is 9.92. The molecule has 0 spiro atoms. The Hall–Kier alpha value is -0.370. The van der Waals surface area contributed by atoms with Gasteiger partial charge in [0.15, 0.2) is 0 Å². The highest BCUT2D eigenvalue weighted by Crippen LogP contribution is 2.18. The Balaban J connectivity index is 3.57. The minimum absolute atomic E-state index is 0.242. The van der Waals surface area contributed by atoms with Crippen LogP contribution in [0, 0.1) is 5.41 Å². The van der Waals surface area contributed by atoms with Gasteiger partial charge in [-0.3, -0.25) is 9.69 Å². The van der Waals surface area contributed by atoms with Crippen LogP contribution in [0.3, 0.4) is 0 Å². The van der Waals surface area contributed by atoms with Crippen LogP contribution in [0.25, 0.3) is 0 Å². The van der Waals surface area contributed by atoms with Gasteiger partial charge in [-0.15, -0.1) is 0 Å². The first-order valence-corrected chi connectivity index (χ1v) is 4.49. The molecule has 0 unspecified atom stereocenters. The molecule has 0 rings (SSSR count). The fourth-order valence-corrected chi connectivity index (χ4v) is 0.985. The fourth-order valence-electron chi connectivity index (χ4n) is 0.985. The highest BCUT2D eigenvalue weighted by molar-refractivity contribution is 5.77. The van der Waals surface area contributed by atoms with Gasteiger partial charge in [-0.2, -0.15) is 0 Å². The Kier molecular flexibility index (Phi) is 4.46. The second-order valence-corrected chi connectivity index (χ2v) is 4.75. The van der Waals surface area contributed by atoms with E-state index in [9.17, 15) is 4.79 Å². The summed E-state index contributed by atoms with van der Waals surface area (Å²) in [6.07, 6.45) is 1.14. The molecule has 0 fully saturated rings.